The number of ketones is 2. The van der Waals surface area contributed by atoms with E-state index >= 15 is 0 Å². The van der Waals surface area contributed by atoms with Crippen molar-refractivity contribution >= 4 is 17.5 Å². The minimum atomic E-state index is -2.06. The van der Waals surface area contributed by atoms with Crippen LogP contribution in [0.2, 0.25) is 0 Å². The zero-order valence-corrected chi connectivity index (χ0v) is 28.4. The molecular formula is C38H50N4O6. The number of fused-ring (bicyclic) bond motifs is 3. The van der Waals surface area contributed by atoms with Crippen LogP contribution in [0, 0.1) is 17.8 Å². The minimum Gasteiger partial charge on any atom is -0.463 e. The van der Waals surface area contributed by atoms with Gasteiger partial charge in [0, 0.05) is 36.1 Å². The first kappa shape index (κ1) is 34.3. The molecule has 3 aliphatic carbocycles. The number of Topliss-reactive ketones (excluding diaryl/α,β-unsaturated/α-hetero) is 2. The molecule has 0 spiro atoms. The topological polar surface area (TPSA) is 141 Å². The monoisotopic (exact) mass is 658 g/mol. The number of allylic oxidation sites excluding steroid dienone is 5. The predicted molar refractivity (Wildman–Crippen MR) is 183 cm³/mol. The lowest BCUT2D eigenvalue weighted by Gasteiger charge is -2.42. The highest BCUT2D eigenvalue weighted by Gasteiger charge is 2.85. The molecule has 0 aromatic heterocycles. The molecule has 1 aromatic carbocycles. The van der Waals surface area contributed by atoms with Gasteiger partial charge in [-0.1, -0.05) is 55.0 Å². The van der Waals surface area contributed by atoms with Crippen LogP contribution in [0.5, 0.6) is 0 Å². The van der Waals surface area contributed by atoms with Crippen molar-refractivity contribution in [1.29, 1.82) is 0 Å². The fourth-order valence-electron chi connectivity index (χ4n) is 8.24. The Balaban J connectivity index is 1.22. The van der Waals surface area contributed by atoms with Crippen LogP contribution in [0.3, 0.4) is 0 Å². The Hall–Kier alpha value is -3.57. The summed E-state index contributed by atoms with van der Waals surface area (Å²) in [4.78, 5) is 42.5. The van der Waals surface area contributed by atoms with Crippen molar-refractivity contribution in [2.75, 3.05) is 40.0 Å². The summed E-state index contributed by atoms with van der Waals surface area (Å²) in [6.07, 6.45) is 14.2. The highest BCUT2D eigenvalue weighted by atomic mass is 16.7. The predicted octanol–water partition coefficient (Wildman–Crippen LogP) is 3.70. The summed E-state index contributed by atoms with van der Waals surface area (Å²) in [5.41, 5.74) is -0.769. The van der Waals surface area contributed by atoms with Crippen molar-refractivity contribution in [3.63, 3.8) is 0 Å². The minimum absolute atomic E-state index is 0.0612. The van der Waals surface area contributed by atoms with Crippen molar-refractivity contribution in [2.24, 2.45) is 17.8 Å². The maximum atomic E-state index is 14.2. The number of carbonyl (C=O) groups is 3. The molecule has 6 rings (SSSR count). The van der Waals surface area contributed by atoms with E-state index in [0.29, 0.717) is 37.0 Å². The molecule has 258 valence electrons. The summed E-state index contributed by atoms with van der Waals surface area (Å²) < 4.78 is 12.2. The molecule has 5 N–H and O–H groups in total. The van der Waals surface area contributed by atoms with Gasteiger partial charge < -0.3 is 35.8 Å². The summed E-state index contributed by atoms with van der Waals surface area (Å²) in [5.74, 6) is 0.317. The van der Waals surface area contributed by atoms with Gasteiger partial charge >= 0.3 is 5.97 Å². The van der Waals surface area contributed by atoms with Crippen molar-refractivity contribution in [3.8, 4) is 0 Å². The van der Waals surface area contributed by atoms with E-state index in [2.05, 4.69) is 52.5 Å². The molecule has 48 heavy (non-hydrogen) atoms. The fraction of sp³-hybridized carbons (Fsp3) is 0.553. The van der Waals surface area contributed by atoms with Crippen molar-refractivity contribution in [3.05, 3.63) is 82.2 Å². The molecule has 1 saturated heterocycles. The molecule has 1 saturated carbocycles. The largest absolute Gasteiger partial charge is 0.463 e. The van der Waals surface area contributed by atoms with E-state index in [1.54, 1.807) is 24.3 Å². The SMILES string of the molecule is CCNC1CC2C=CCCC2CC1COC(=O)C12OC1(CC(CO)=C(C)CCC1=CCNC(NCNC)=C1)C(=O)c1ccccc1C2=O. The number of dihydropyridines is 1. The summed E-state index contributed by atoms with van der Waals surface area (Å²) in [5, 5.41) is 23.8. The van der Waals surface area contributed by atoms with Gasteiger partial charge in [-0.15, -0.1) is 0 Å². The molecule has 10 nitrogen and oxygen atoms in total. The fourth-order valence-corrected chi connectivity index (χ4v) is 8.24. The maximum Gasteiger partial charge on any atom is 0.350 e. The van der Waals surface area contributed by atoms with Gasteiger partial charge in [-0.2, -0.15) is 0 Å². The second-order valence-corrected chi connectivity index (χ2v) is 13.9. The van der Waals surface area contributed by atoms with E-state index in [4.69, 9.17) is 9.47 Å². The molecule has 5 aliphatic rings. The zero-order valence-electron chi connectivity index (χ0n) is 28.4. The molecule has 6 unspecified atom stereocenters. The first-order valence-corrected chi connectivity index (χ1v) is 17.6. The second-order valence-electron chi connectivity index (χ2n) is 13.9. The van der Waals surface area contributed by atoms with Crippen LogP contribution in [0.1, 0.15) is 79.5 Å². The van der Waals surface area contributed by atoms with Gasteiger partial charge in [-0.05, 0) is 88.1 Å². The number of carbonyl (C=O) groups excluding carboxylic acids is 3. The van der Waals surface area contributed by atoms with Gasteiger partial charge in [0.05, 0.1) is 19.9 Å². The Bertz CT molecular complexity index is 1550. The molecule has 10 heteroatoms. The Labute approximate surface area is 283 Å². The molecular weight excluding hydrogens is 608 g/mol. The van der Waals surface area contributed by atoms with Crippen LogP contribution >= 0.6 is 0 Å². The molecule has 2 heterocycles. The average Bonchev–Trinajstić information content (AvgIpc) is 3.82. The number of ether oxygens (including phenoxy) is 2. The lowest BCUT2D eigenvalue weighted by atomic mass is 9.68. The third kappa shape index (κ3) is 6.31. The Kier molecular flexibility index (Phi) is 10.4. The van der Waals surface area contributed by atoms with E-state index < -0.39 is 28.7 Å². The lowest BCUT2D eigenvalue weighted by molar-refractivity contribution is -0.150. The molecule has 2 fully saturated rings. The standard InChI is InChI=1S/C38H50N4O6/c1-4-40-32-19-27-10-6-5-9-26(27)18-28(32)22-47-36(46)38-35(45)31-12-8-7-11-30(31)34(44)37(38,48-38)20-29(21-43)24(2)13-14-25-15-16-41-33(17-25)42-23-39-3/h6-8,10-12,15,17,26-28,32,39-43H,4-5,9,13-14,16,18-23H2,1-3H3. The number of benzene rings is 1. The van der Waals surface area contributed by atoms with E-state index in [9.17, 15) is 19.5 Å². The molecule has 2 aliphatic heterocycles. The summed E-state index contributed by atoms with van der Waals surface area (Å²) in [7, 11) is 1.87. The zero-order chi connectivity index (χ0) is 33.9. The second kappa shape index (κ2) is 14.5. The summed E-state index contributed by atoms with van der Waals surface area (Å²) >= 11 is 0. The Morgan fingerprint density at radius 3 is 2.71 bits per heavy atom. The van der Waals surface area contributed by atoms with Crippen LogP contribution in [0.15, 0.2) is 71.1 Å². The smallest absolute Gasteiger partial charge is 0.350 e. The number of aliphatic hydroxyl groups is 1. The van der Waals surface area contributed by atoms with Crippen molar-refractivity contribution in [2.45, 2.75) is 76.0 Å². The molecule has 6 atom stereocenters. The highest BCUT2D eigenvalue weighted by molar-refractivity contribution is 6.32. The average molecular weight is 659 g/mol. The number of aliphatic hydroxyl groups excluding tert-OH is 1. The van der Waals surface area contributed by atoms with Gasteiger partial charge in [0.15, 0.2) is 11.4 Å². The molecule has 1 aromatic rings. The van der Waals surface area contributed by atoms with Crippen molar-refractivity contribution in [1.82, 2.24) is 21.3 Å². The molecule has 0 radical (unpaired) electrons. The van der Waals surface area contributed by atoms with Gasteiger partial charge in [-0.25, -0.2) is 4.79 Å². The van der Waals surface area contributed by atoms with Gasteiger partial charge in [-0.3, -0.25) is 9.59 Å². The summed E-state index contributed by atoms with van der Waals surface area (Å²) in [6.45, 7) is 5.99. The summed E-state index contributed by atoms with van der Waals surface area (Å²) in [6, 6.07) is 6.76. The number of rotatable bonds is 14. The van der Waals surface area contributed by atoms with Gasteiger partial charge in [0.25, 0.3) is 5.60 Å². The van der Waals surface area contributed by atoms with Crippen molar-refractivity contribution < 1.29 is 29.0 Å². The number of nitrogens with one attached hydrogen (secondary N) is 4. The maximum absolute atomic E-state index is 14.2. The Morgan fingerprint density at radius 2 is 1.96 bits per heavy atom. The van der Waals surface area contributed by atoms with Crippen LogP contribution in [0.25, 0.3) is 0 Å². The normalized spacial score (nSPS) is 30.9. The van der Waals surface area contributed by atoms with Crippen LogP contribution in [-0.4, -0.2) is 79.9 Å². The van der Waals surface area contributed by atoms with E-state index in [0.717, 1.165) is 55.6 Å². The lowest BCUT2D eigenvalue weighted by Crippen LogP contribution is -2.52. The third-order valence-electron chi connectivity index (χ3n) is 11.0. The first-order chi connectivity index (χ1) is 23.3. The van der Waals surface area contributed by atoms with E-state index in [1.807, 2.05) is 14.0 Å². The quantitative estimate of drug-likeness (QED) is 0.0661. The molecule has 0 amide bonds. The molecule has 0 bridgehead atoms. The number of hydrogen-bond donors (Lipinski definition) is 5. The van der Waals surface area contributed by atoms with Crippen LogP contribution in [0.4, 0.5) is 0 Å². The highest BCUT2D eigenvalue weighted by Crippen LogP contribution is 2.59. The van der Waals surface area contributed by atoms with Gasteiger partial charge in [0.1, 0.15) is 5.82 Å². The van der Waals surface area contributed by atoms with E-state index in [-0.39, 0.29) is 42.7 Å². The third-order valence-corrected chi connectivity index (χ3v) is 11.0. The number of hydrogen-bond acceptors (Lipinski definition) is 10. The number of esters is 1. The number of epoxide rings is 1. The first-order valence-electron chi connectivity index (χ1n) is 17.6. The van der Waals surface area contributed by atoms with E-state index in [1.165, 1.54) is 0 Å². The van der Waals surface area contributed by atoms with Crippen LogP contribution < -0.4 is 21.3 Å². The Morgan fingerprint density at radius 1 is 1.17 bits per heavy atom. The van der Waals surface area contributed by atoms with Crippen LogP contribution in [-0.2, 0) is 14.3 Å². The van der Waals surface area contributed by atoms with Gasteiger partial charge in [0.2, 0.25) is 5.78 Å².